The first kappa shape index (κ1) is 13.9. The van der Waals surface area contributed by atoms with Gasteiger partial charge in [0.1, 0.15) is 0 Å². The second kappa shape index (κ2) is 6.18. The molecule has 0 aliphatic rings. The molecule has 3 rings (SSSR count). The topological polar surface area (TPSA) is 47.2 Å². The SMILES string of the molecule is Cc1ccccc1C(=O)N=c1ccn(-c2ccccc2)nc1. The lowest BCUT2D eigenvalue weighted by molar-refractivity contribution is 0.0998. The Balaban J connectivity index is 1.90. The van der Waals surface area contributed by atoms with Gasteiger partial charge < -0.3 is 0 Å². The fourth-order valence-corrected chi connectivity index (χ4v) is 2.14. The summed E-state index contributed by atoms with van der Waals surface area (Å²) in [6.45, 7) is 1.90. The molecule has 0 saturated carbocycles. The maximum absolute atomic E-state index is 12.2. The Morgan fingerprint density at radius 1 is 1.00 bits per heavy atom. The molecule has 0 unspecified atom stereocenters. The van der Waals surface area contributed by atoms with E-state index in [2.05, 4.69) is 10.1 Å². The van der Waals surface area contributed by atoms with Gasteiger partial charge in [-0.15, -0.1) is 0 Å². The maximum atomic E-state index is 12.2. The second-order valence-electron chi connectivity index (χ2n) is 4.90. The molecule has 1 aromatic heterocycles. The van der Waals surface area contributed by atoms with Crippen LogP contribution in [-0.2, 0) is 0 Å². The summed E-state index contributed by atoms with van der Waals surface area (Å²) in [5, 5.41) is 4.83. The standard InChI is InChI=1S/C18H15N3O/c1-14-7-5-6-10-17(14)18(22)20-15-11-12-21(19-13-15)16-8-3-2-4-9-16/h2-13H,1H3. The van der Waals surface area contributed by atoms with Crippen LogP contribution in [0.4, 0.5) is 0 Å². The average molecular weight is 289 g/mol. The lowest BCUT2D eigenvalue weighted by atomic mass is 10.1. The molecule has 108 valence electrons. The molecule has 0 aliphatic heterocycles. The van der Waals surface area contributed by atoms with Crippen LogP contribution in [0.5, 0.6) is 0 Å². The molecule has 1 heterocycles. The summed E-state index contributed by atoms with van der Waals surface area (Å²) in [7, 11) is 0. The zero-order chi connectivity index (χ0) is 15.4. The van der Waals surface area contributed by atoms with E-state index in [0.29, 0.717) is 10.9 Å². The number of aromatic nitrogens is 2. The summed E-state index contributed by atoms with van der Waals surface area (Å²) in [5.74, 6) is -0.252. The molecule has 0 radical (unpaired) electrons. The van der Waals surface area contributed by atoms with Crippen LogP contribution in [0.25, 0.3) is 5.69 Å². The fourth-order valence-electron chi connectivity index (χ4n) is 2.14. The number of benzene rings is 2. The van der Waals surface area contributed by atoms with E-state index in [1.54, 1.807) is 29.2 Å². The van der Waals surface area contributed by atoms with E-state index in [4.69, 9.17) is 0 Å². The Labute approximate surface area is 128 Å². The van der Waals surface area contributed by atoms with Crippen LogP contribution in [0.3, 0.4) is 0 Å². The van der Waals surface area contributed by atoms with Crippen molar-refractivity contribution in [3.05, 3.63) is 89.5 Å². The molecular formula is C18H15N3O. The summed E-state index contributed by atoms with van der Waals surface area (Å²) in [5.41, 5.74) is 2.49. The van der Waals surface area contributed by atoms with Crippen molar-refractivity contribution < 1.29 is 4.79 Å². The Bertz CT molecular complexity index is 846. The smallest absolute Gasteiger partial charge is 0.267 e. The second-order valence-corrected chi connectivity index (χ2v) is 4.90. The first-order valence-corrected chi connectivity index (χ1v) is 6.99. The number of hydrogen-bond donors (Lipinski definition) is 0. The lowest BCUT2D eigenvalue weighted by Crippen LogP contribution is -2.11. The van der Waals surface area contributed by atoms with E-state index in [1.165, 1.54) is 0 Å². The van der Waals surface area contributed by atoms with Crippen LogP contribution in [0.2, 0.25) is 0 Å². The molecule has 2 aromatic carbocycles. The molecule has 0 atom stereocenters. The van der Waals surface area contributed by atoms with Crippen molar-refractivity contribution in [2.45, 2.75) is 6.92 Å². The normalized spacial score (nSPS) is 11.4. The van der Waals surface area contributed by atoms with E-state index in [9.17, 15) is 4.79 Å². The maximum Gasteiger partial charge on any atom is 0.277 e. The van der Waals surface area contributed by atoms with Crippen LogP contribution >= 0.6 is 0 Å². The van der Waals surface area contributed by atoms with Crippen molar-refractivity contribution >= 4 is 5.91 Å². The van der Waals surface area contributed by atoms with Gasteiger partial charge in [0.15, 0.2) is 0 Å². The van der Waals surface area contributed by atoms with Crippen LogP contribution in [0.1, 0.15) is 15.9 Å². The highest BCUT2D eigenvalue weighted by atomic mass is 16.1. The quantitative estimate of drug-likeness (QED) is 0.728. The van der Waals surface area contributed by atoms with Crippen LogP contribution in [0, 0.1) is 6.92 Å². The van der Waals surface area contributed by atoms with Crippen molar-refractivity contribution in [1.82, 2.24) is 9.78 Å². The number of rotatable bonds is 2. The van der Waals surface area contributed by atoms with Gasteiger partial charge in [-0.3, -0.25) is 4.79 Å². The molecule has 0 N–H and O–H groups in total. The van der Waals surface area contributed by atoms with Crippen LogP contribution < -0.4 is 5.36 Å². The summed E-state index contributed by atoms with van der Waals surface area (Å²) < 4.78 is 1.73. The summed E-state index contributed by atoms with van der Waals surface area (Å²) in [4.78, 5) is 16.3. The minimum atomic E-state index is -0.252. The molecule has 0 bridgehead atoms. The van der Waals surface area contributed by atoms with Crippen LogP contribution in [0.15, 0.2) is 78.0 Å². The van der Waals surface area contributed by atoms with Gasteiger partial charge in [-0.05, 0) is 36.8 Å². The Morgan fingerprint density at radius 3 is 2.41 bits per heavy atom. The molecule has 22 heavy (non-hydrogen) atoms. The first-order chi connectivity index (χ1) is 10.7. The Morgan fingerprint density at radius 2 is 1.73 bits per heavy atom. The van der Waals surface area contributed by atoms with Crippen molar-refractivity contribution in [2.75, 3.05) is 0 Å². The first-order valence-electron chi connectivity index (χ1n) is 6.99. The van der Waals surface area contributed by atoms with Gasteiger partial charge in [0.05, 0.1) is 17.2 Å². The third-order valence-electron chi connectivity index (χ3n) is 3.33. The van der Waals surface area contributed by atoms with Crippen molar-refractivity contribution in [1.29, 1.82) is 0 Å². The van der Waals surface area contributed by atoms with Gasteiger partial charge in [0, 0.05) is 11.8 Å². The minimum Gasteiger partial charge on any atom is -0.267 e. The highest BCUT2D eigenvalue weighted by molar-refractivity contribution is 5.96. The molecule has 1 amide bonds. The van der Waals surface area contributed by atoms with Gasteiger partial charge in [0.2, 0.25) is 0 Å². The number of aryl methyl sites for hydroxylation is 1. The molecule has 0 saturated heterocycles. The molecule has 4 heteroatoms. The number of carbonyl (C=O) groups excluding carboxylic acids is 1. The van der Waals surface area contributed by atoms with E-state index in [-0.39, 0.29) is 5.91 Å². The predicted molar refractivity (Wildman–Crippen MR) is 84.6 cm³/mol. The molecule has 3 aromatic rings. The molecule has 4 nitrogen and oxygen atoms in total. The summed E-state index contributed by atoms with van der Waals surface area (Å²) >= 11 is 0. The van der Waals surface area contributed by atoms with Crippen LogP contribution in [-0.4, -0.2) is 15.7 Å². The number of hydrogen-bond acceptors (Lipinski definition) is 2. The fraction of sp³-hybridized carbons (Fsp3) is 0.0556. The van der Waals surface area contributed by atoms with Gasteiger partial charge in [-0.1, -0.05) is 36.4 Å². The number of para-hydroxylation sites is 1. The monoisotopic (exact) mass is 289 g/mol. The third kappa shape index (κ3) is 3.01. The van der Waals surface area contributed by atoms with Crippen molar-refractivity contribution in [3.63, 3.8) is 0 Å². The third-order valence-corrected chi connectivity index (χ3v) is 3.33. The van der Waals surface area contributed by atoms with E-state index in [1.807, 2.05) is 55.5 Å². The Hall–Kier alpha value is -3.01. The van der Waals surface area contributed by atoms with E-state index in [0.717, 1.165) is 11.3 Å². The van der Waals surface area contributed by atoms with Crippen molar-refractivity contribution in [3.8, 4) is 5.69 Å². The Kier molecular flexibility index (Phi) is 3.92. The number of amides is 1. The number of nitrogens with zero attached hydrogens (tertiary/aromatic N) is 3. The van der Waals surface area contributed by atoms with Crippen molar-refractivity contribution in [2.24, 2.45) is 4.99 Å². The molecule has 0 aliphatic carbocycles. The average Bonchev–Trinajstić information content (AvgIpc) is 2.57. The molecular weight excluding hydrogens is 274 g/mol. The summed E-state index contributed by atoms with van der Waals surface area (Å²) in [6.07, 6.45) is 3.38. The van der Waals surface area contributed by atoms with E-state index >= 15 is 0 Å². The zero-order valence-electron chi connectivity index (χ0n) is 12.2. The van der Waals surface area contributed by atoms with E-state index < -0.39 is 0 Å². The highest BCUT2D eigenvalue weighted by Gasteiger charge is 2.05. The van der Waals surface area contributed by atoms with Gasteiger partial charge >= 0.3 is 0 Å². The largest absolute Gasteiger partial charge is 0.277 e. The van der Waals surface area contributed by atoms with Gasteiger partial charge in [0.25, 0.3) is 5.91 Å². The molecule has 0 spiro atoms. The zero-order valence-corrected chi connectivity index (χ0v) is 12.2. The predicted octanol–water partition coefficient (Wildman–Crippen LogP) is 2.92. The summed E-state index contributed by atoms with van der Waals surface area (Å²) in [6, 6.07) is 19.0. The lowest BCUT2D eigenvalue weighted by Gasteiger charge is -2.03. The number of carbonyl (C=O) groups is 1. The van der Waals surface area contributed by atoms with Gasteiger partial charge in [-0.2, -0.15) is 5.10 Å². The minimum absolute atomic E-state index is 0.252. The highest BCUT2D eigenvalue weighted by Crippen LogP contribution is 2.08. The molecule has 0 fully saturated rings. The van der Waals surface area contributed by atoms with Gasteiger partial charge in [-0.25, -0.2) is 9.67 Å².